The number of rotatable bonds is 53. The van der Waals surface area contributed by atoms with E-state index < -0.39 is 49.5 Å². The highest BCUT2D eigenvalue weighted by Crippen LogP contribution is 2.23. The van der Waals surface area contributed by atoms with E-state index in [1.54, 1.807) is 0 Å². The van der Waals surface area contributed by atoms with E-state index in [0.29, 0.717) is 12.8 Å². The first kappa shape index (κ1) is 66.7. The van der Waals surface area contributed by atoms with Gasteiger partial charge in [-0.1, -0.05) is 276 Å². The Balaban J connectivity index is 2.17. The van der Waals surface area contributed by atoms with Crippen molar-refractivity contribution in [3.8, 4) is 0 Å². The predicted octanol–water partition coefficient (Wildman–Crippen LogP) is 15.4. The summed E-state index contributed by atoms with van der Waals surface area (Å²) in [5.74, 6) is -0.142. The fraction of sp³-hybridized carbons (Fsp3) is 0.918. The highest BCUT2D eigenvalue weighted by Gasteiger charge is 2.44. The molecule has 0 aromatic heterocycles. The third kappa shape index (κ3) is 40.1. The molecule has 0 bridgehead atoms. The zero-order chi connectivity index (χ0) is 50.8. The van der Waals surface area contributed by atoms with Crippen LogP contribution in [0.15, 0.2) is 24.3 Å². The molecule has 0 aromatic carbocycles. The van der Waals surface area contributed by atoms with E-state index in [0.717, 1.165) is 44.9 Å². The summed E-state index contributed by atoms with van der Waals surface area (Å²) in [6.45, 7) is 3.88. The molecule has 0 spiro atoms. The first-order valence-electron chi connectivity index (χ1n) is 30.5. The van der Waals surface area contributed by atoms with Gasteiger partial charge in [-0.25, -0.2) is 0 Å². The minimum Gasteiger partial charge on any atom is -0.394 e. The van der Waals surface area contributed by atoms with Crippen LogP contribution in [0.2, 0.25) is 0 Å². The summed E-state index contributed by atoms with van der Waals surface area (Å²) in [4.78, 5) is 13.1. The van der Waals surface area contributed by atoms with Crippen molar-refractivity contribution in [2.24, 2.45) is 0 Å². The van der Waals surface area contributed by atoms with Gasteiger partial charge in [-0.15, -0.1) is 0 Å². The van der Waals surface area contributed by atoms with Crippen LogP contribution in [0.4, 0.5) is 0 Å². The van der Waals surface area contributed by atoms with Crippen LogP contribution in [0, 0.1) is 0 Å². The fourth-order valence-corrected chi connectivity index (χ4v) is 9.96. The SMILES string of the molecule is CCCCCCCCCCC/C=C\C/C=C\CCCCCCCCCCCCCC(=O)NC(COC1OC(CO)C(O)C(O)C1O)C(O)CCCCCCCCCCCCCCCCCCCCCC. The normalized spacial score (nSPS) is 19.4. The largest absolute Gasteiger partial charge is 0.394 e. The molecule has 1 fully saturated rings. The zero-order valence-corrected chi connectivity index (χ0v) is 46.0. The van der Waals surface area contributed by atoms with Crippen molar-refractivity contribution in [2.75, 3.05) is 13.2 Å². The maximum absolute atomic E-state index is 13.1. The molecular formula is C61H117NO8. The molecule has 1 aliphatic heterocycles. The molecule has 1 rings (SSSR count). The highest BCUT2D eigenvalue weighted by molar-refractivity contribution is 5.76. The molecule has 1 amide bonds. The summed E-state index contributed by atoms with van der Waals surface area (Å²) in [6.07, 6.45) is 57.8. The average Bonchev–Trinajstić information content (AvgIpc) is 3.36. The topological polar surface area (TPSA) is 149 Å². The number of amides is 1. The number of unbranched alkanes of at least 4 members (excludes halogenated alkanes) is 39. The molecule has 0 radical (unpaired) electrons. The second kappa shape index (κ2) is 51.2. The van der Waals surface area contributed by atoms with Crippen molar-refractivity contribution < 1.29 is 39.8 Å². The highest BCUT2D eigenvalue weighted by atomic mass is 16.7. The van der Waals surface area contributed by atoms with Crippen LogP contribution in [-0.2, 0) is 14.3 Å². The summed E-state index contributed by atoms with van der Waals surface area (Å²) in [5.41, 5.74) is 0. The first-order valence-corrected chi connectivity index (χ1v) is 30.5. The van der Waals surface area contributed by atoms with Crippen LogP contribution < -0.4 is 5.32 Å². The van der Waals surface area contributed by atoms with Crippen LogP contribution in [0.5, 0.6) is 0 Å². The lowest BCUT2D eigenvalue weighted by molar-refractivity contribution is -0.302. The molecule has 0 aliphatic carbocycles. The van der Waals surface area contributed by atoms with E-state index in [9.17, 15) is 30.3 Å². The van der Waals surface area contributed by atoms with Crippen molar-refractivity contribution in [1.82, 2.24) is 5.32 Å². The Morgan fingerprint density at radius 2 is 0.843 bits per heavy atom. The lowest BCUT2D eigenvalue weighted by atomic mass is 9.99. The molecule has 1 heterocycles. The molecular weight excluding hydrogens is 875 g/mol. The van der Waals surface area contributed by atoms with E-state index >= 15 is 0 Å². The summed E-state index contributed by atoms with van der Waals surface area (Å²) in [7, 11) is 0. The number of aliphatic hydroxyl groups is 5. The maximum atomic E-state index is 13.1. The summed E-state index contributed by atoms with van der Waals surface area (Å²) in [6, 6.07) is -0.719. The van der Waals surface area contributed by atoms with Gasteiger partial charge in [0.05, 0.1) is 25.4 Å². The van der Waals surface area contributed by atoms with Gasteiger partial charge in [-0.05, 0) is 44.9 Å². The number of ether oxygens (including phenoxy) is 2. The minimum absolute atomic E-state index is 0.136. The van der Waals surface area contributed by atoms with E-state index in [1.165, 1.54) is 231 Å². The minimum atomic E-state index is -1.55. The van der Waals surface area contributed by atoms with Crippen molar-refractivity contribution in [3.63, 3.8) is 0 Å². The van der Waals surface area contributed by atoms with Crippen LogP contribution >= 0.6 is 0 Å². The van der Waals surface area contributed by atoms with Gasteiger partial charge in [-0.3, -0.25) is 4.79 Å². The van der Waals surface area contributed by atoms with E-state index in [1.807, 2.05) is 0 Å². The summed E-state index contributed by atoms with van der Waals surface area (Å²) < 4.78 is 11.3. The number of nitrogens with one attached hydrogen (secondary N) is 1. The van der Waals surface area contributed by atoms with Gasteiger partial charge in [0.15, 0.2) is 6.29 Å². The monoisotopic (exact) mass is 992 g/mol. The summed E-state index contributed by atoms with van der Waals surface area (Å²) >= 11 is 0. The van der Waals surface area contributed by atoms with Gasteiger partial charge in [0.2, 0.25) is 5.91 Å². The third-order valence-electron chi connectivity index (χ3n) is 14.8. The van der Waals surface area contributed by atoms with Crippen molar-refractivity contribution in [1.29, 1.82) is 0 Å². The fourth-order valence-electron chi connectivity index (χ4n) is 9.96. The van der Waals surface area contributed by atoms with E-state index in [4.69, 9.17) is 9.47 Å². The van der Waals surface area contributed by atoms with Crippen LogP contribution in [0.3, 0.4) is 0 Å². The van der Waals surface area contributed by atoms with Gasteiger partial charge in [0.25, 0.3) is 0 Å². The Morgan fingerprint density at radius 1 is 0.486 bits per heavy atom. The van der Waals surface area contributed by atoms with Gasteiger partial charge < -0.3 is 40.3 Å². The molecule has 9 heteroatoms. The quantitative estimate of drug-likeness (QED) is 0.0261. The molecule has 1 saturated heterocycles. The Morgan fingerprint density at radius 3 is 1.23 bits per heavy atom. The number of hydrogen-bond donors (Lipinski definition) is 6. The van der Waals surface area contributed by atoms with E-state index in [2.05, 4.69) is 43.5 Å². The van der Waals surface area contributed by atoms with Gasteiger partial charge in [0.1, 0.15) is 24.4 Å². The smallest absolute Gasteiger partial charge is 0.220 e. The standard InChI is InChI=1S/C61H117NO8/c1-3-5-7-9-11-13-15-17-19-21-23-25-26-27-28-29-30-31-33-35-37-39-41-43-45-47-49-51-57(65)62-54(53-69-61-60(68)59(67)58(66)56(52-63)70-61)55(64)50-48-46-44-42-40-38-36-34-32-24-22-20-18-16-14-12-10-8-6-4-2/h23,25,27-28,54-56,58-61,63-64,66-68H,3-22,24,26,29-53H2,1-2H3,(H,62,65)/b25-23-,28-27-. The number of carbonyl (C=O) groups is 1. The lowest BCUT2D eigenvalue weighted by Gasteiger charge is -2.40. The van der Waals surface area contributed by atoms with E-state index in [-0.39, 0.29) is 12.5 Å². The van der Waals surface area contributed by atoms with Crippen LogP contribution in [-0.4, -0.2) is 87.5 Å². The molecule has 414 valence electrons. The Hall–Kier alpha value is -1.33. The number of allylic oxidation sites excluding steroid dienone is 4. The molecule has 6 N–H and O–H groups in total. The zero-order valence-electron chi connectivity index (χ0n) is 46.0. The molecule has 0 aromatic rings. The number of aliphatic hydroxyl groups excluding tert-OH is 5. The summed E-state index contributed by atoms with van der Waals surface area (Å²) in [5, 5.41) is 54.7. The Kier molecular flexibility index (Phi) is 48.7. The van der Waals surface area contributed by atoms with Gasteiger partial charge in [0, 0.05) is 6.42 Å². The van der Waals surface area contributed by atoms with Crippen molar-refractivity contribution >= 4 is 5.91 Å². The van der Waals surface area contributed by atoms with Crippen molar-refractivity contribution in [3.05, 3.63) is 24.3 Å². The molecule has 1 aliphatic rings. The first-order chi connectivity index (χ1) is 34.3. The Labute approximate surface area is 432 Å². The maximum Gasteiger partial charge on any atom is 0.220 e. The second-order valence-corrected chi connectivity index (χ2v) is 21.5. The third-order valence-corrected chi connectivity index (χ3v) is 14.8. The molecule has 7 atom stereocenters. The Bertz CT molecular complexity index is 1150. The van der Waals surface area contributed by atoms with Crippen LogP contribution in [0.1, 0.15) is 303 Å². The van der Waals surface area contributed by atoms with Gasteiger partial charge in [-0.2, -0.15) is 0 Å². The molecule has 0 saturated carbocycles. The van der Waals surface area contributed by atoms with Crippen LogP contribution in [0.25, 0.3) is 0 Å². The van der Waals surface area contributed by atoms with Crippen molar-refractivity contribution in [2.45, 2.75) is 346 Å². The number of carbonyl (C=O) groups excluding carboxylic acids is 1. The molecule has 70 heavy (non-hydrogen) atoms. The lowest BCUT2D eigenvalue weighted by Crippen LogP contribution is -2.60. The molecule has 9 nitrogen and oxygen atoms in total. The average molecular weight is 993 g/mol. The van der Waals surface area contributed by atoms with Gasteiger partial charge >= 0.3 is 0 Å². The molecule has 7 unspecified atom stereocenters. The second-order valence-electron chi connectivity index (χ2n) is 21.5. The number of hydrogen-bond acceptors (Lipinski definition) is 8. The predicted molar refractivity (Wildman–Crippen MR) is 295 cm³/mol.